The van der Waals surface area contributed by atoms with Gasteiger partial charge in [-0.15, -0.1) is 0 Å². The molecule has 112 valence electrons. The van der Waals surface area contributed by atoms with Gasteiger partial charge in [0.2, 0.25) is 0 Å². The van der Waals surface area contributed by atoms with Crippen LogP contribution in [0.5, 0.6) is 5.75 Å². The lowest BCUT2D eigenvalue weighted by Gasteiger charge is -2.19. The summed E-state index contributed by atoms with van der Waals surface area (Å²) in [5.74, 6) is 0.639. The van der Waals surface area contributed by atoms with E-state index in [9.17, 15) is 4.79 Å². The average Bonchev–Trinajstić information content (AvgIpc) is 2.77. The van der Waals surface area contributed by atoms with E-state index in [4.69, 9.17) is 14.3 Å². The van der Waals surface area contributed by atoms with Gasteiger partial charge in [-0.2, -0.15) is 0 Å². The summed E-state index contributed by atoms with van der Waals surface area (Å²) in [7, 11) is 0. The molecule has 0 fully saturated rings. The van der Waals surface area contributed by atoms with Crippen molar-refractivity contribution < 1.29 is 19.1 Å². The fourth-order valence-electron chi connectivity index (χ4n) is 2.03. The summed E-state index contributed by atoms with van der Waals surface area (Å²) in [6, 6.07) is 9.39. The van der Waals surface area contributed by atoms with Gasteiger partial charge in [-0.05, 0) is 36.1 Å². The van der Waals surface area contributed by atoms with Crippen molar-refractivity contribution in [2.75, 3.05) is 0 Å². The molecule has 0 aliphatic rings. The number of aromatic carboxylic acids is 1. The third kappa shape index (κ3) is 3.66. The lowest BCUT2D eigenvalue weighted by molar-refractivity contribution is 0.0695. The second-order valence-corrected chi connectivity index (χ2v) is 6.05. The monoisotopic (exact) mass is 288 g/mol. The fourth-order valence-corrected chi connectivity index (χ4v) is 2.03. The largest absolute Gasteiger partial charge is 0.486 e. The molecule has 0 aliphatic carbocycles. The van der Waals surface area contributed by atoms with Crippen molar-refractivity contribution in [3.63, 3.8) is 0 Å². The number of carboxylic acids is 1. The molecule has 0 amide bonds. The standard InChI is InChI=1S/C17H20O4/c1-11-15(16(18)19)9-14(21-11)10-20-13-7-5-12(6-8-13)17(2,3)4/h5-9H,10H2,1-4H3,(H,18,19). The van der Waals surface area contributed by atoms with Crippen LogP contribution in [0.2, 0.25) is 0 Å². The van der Waals surface area contributed by atoms with Crippen LogP contribution in [0.4, 0.5) is 0 Å². The summed E-state index contributed by atoms with van der Waals surface area (Å²) in [5.41, 5.74) is 1.51. The van der Waals surface area contributed by atoms with Gasteiger partial charge >= 0.3 is 5.97 Å². The van der Waals surface area contributed by atoms with E-state index < -0.39 is 5.97 Å². The summed E-state index contributed by atoms with van der Waals surface area (Å²) in [6.07, 6.45) is 0. The normalized spacial score (nSPS) is 11.4. The first-order valence-corrected chi connectivity index (χ1v) is 6.83. The maximum Gasteiger partial charge on any atom is 0.339 e. The van der Waals surface area contributed by atoms with Crippen molar-refractivity contribution in [3.05, 3.63) is 53.0 Å². The number of aryl methyl sites for hydroxylation is 1. The predicted octanol–water partition coefficient (Wildman–Crippen LogP) is 4.16. The Kier molecular flexibility index (Phi) is 4.07. The van der Waals surface area contributed by atoms with Crippen LogP contribution in [-0.2, 0) is 12.0 Å². The van der Waals surface area contributed by atoms with E-state index >= 15 is 0 Å². The smallest absolute Gasteiger partial charge is 0.339 e. The zero-order chi connectivity index (χ0) is 15.6. The van der Waals surface area contributed by atoms with E-state index in [1.807, 2.05) is 24.3 Å². The molecular formula is C17H20O4. The highest BCUT2D eigenvalue weighted by Gasteiger charge is 2.15. The molecule has 4 heteroatoms. The molecule has 0 spiro atoms. The van der Waals surface area contributed by atoms with E-state index in [1.165, 1.54) is 11.6 Å². The van der Waals surface area contributed by atoms with Crippen molar-refractivity contribution in [1.82, 2.24) is 0 Å². The number of furan rings is 1. The van der Waals surface area contributed by atoms with Gasteiger partial charge in [0.25, 0.3) is 0 Å². The molecule has 0 bridgehead atoms. The maximum absolute atomic E-state index is 10.9. The van der Waals surface area contributed by atoms with Crippen molar-refractivity contribution in [1.29, 1.82) is 0 Å². The molecule has 4 nitrogen and oxygen atoms in total. The topological polar surface area (TPSA) is 59.7 Å². The van der Waals surface area contributed by atoms with Crippen LogP contribution in [0.15, 0.2) is 34.7 Å². The minimum atomic E-state index is -0.989. The fraction of sp³-hybridized carbons (Fsp3) is 0.353. The van der Waals surface area contributed by atoms with Crippen LogP contribution in [0.25, 0.3) is 0 Å². The van der Waals surface area contributed by atoms with E-state index in [-0.39, 0.29) is 17.6 Å². The third-order valence-electron chi connectivity index (χ3n) is 3.30. The second-order valence-electron chi connectivity index (χ2n) is 6.05. The van der Waals surface area contributed by atoms with Gasteiger partial charge in [0.1, 0.15) is 29.4 Å². The Morgan fingerprint density at radius 3 is 2.33 bits per heavy atom. The van der Waals surface area contributed by atoms with Crippen LogP contribution in [0.1, 0.15) is 48.2 Å². The first-order valence-electron chi connectivity index (χ1n) is 6.83. The molecule has 0 saturated carbocycles. The first kappa shape index (κ1) is 15.2. The predicted molar refractivity (Wildman–Crippen MR) is 79.9 cm³/mol. The molecule has 0 aliphatic heterocycles. The quantitative estimate of drug-likeness (QED) is 0.917. The average molecular weight is 288 g/mol. The van der Waals surface area contributed by atoms with Gasteiger partial charge in [-0.3, -0.25) is 0 Å². The Hall–Kier alpha value is -2.23. The lowest BCUT2D eigenvalue weighted by atomic mass is 9.87. The van der Waals surface area contributed by atoms with Crippen molar-refractivity contribution in [3.8, 4) is 5.75 Å². The molecule has 1 N–H and O–H groups in total. The Bertz CT molecular complexity index is 630. The molecule has 0 atom stereocenters. The van der Waals surface area contributed by atoms with Crippen LogP contribution in [-0.4, -0.2) is 11.1 Å². The molecule has 21 heavy (non-hydrogen) atoms. The number of ether oxygens (including phenoxy) is 1. The Labute approximate surface area is 124 Å². The third-order valence-corrected chi connectivity index (χ3v) is 3.30. The summed E-state index contributed by atoms with van der Waals surface area (Å²) >= 11 is 0. The number of carboxylic acid groups (broad SMARTS) is 1. The molecule has 1 aromatic heterocycles. The lowest BCUT2D eigenvalue weighted by Crippen LogP contribution is -2.10. The minimum Gasteiger partial charge on any atom is -0.486 e. The molecular weight excluding hydrogens is 268 g/mol. The summed E-state index contributed by atoms with van der Waals surface area (Å²) in [4.78, 5) is 10.9. The van der Waals surface area contributed by atoms with E-state index in [0.29, 0.717) is 11.5 Å². The highest BCUT2D eigenvalue weighted by Crippen LogP contribution is 2.25. The Balaban J connectivity index is 2.03. The van der Waals surface area contributed by atoms with Crippen LogP contribution >= 0.6 is 0 Å². The molecule has 0 radical (unpaired) electrons. The molecule has 0 unspecified atom stereocenters. The summed E-state index contributed by atoms with van der Waals surface area (Å²) in [5, 5.41) is 8.97. The maximum atomic E-state index is 10.9. The molecule has 2 aromatic rings. The van der Waals surface area contributed by atoms with Crippen molar-refractivity contribution in [2.24, 2.45) is 0 Å². The highest BCUT2D eigenvalue weighted by atomic mass is 16.5. The van der Waals surface area contributed by atoms with Gasteiger partial charge in [0, 0.05) is 0 Å². The molecule has 2 rings (SSSR count). The van der Waals surface area contributed by atoms with E-state index in [0.717, 1.165) is 5.75 Å². The molecule has 0 saturated heterocycles. The van der Waals surface area contributed by atoms with Gasteiger partial charge < -0.3 is 14.3 Å². The number of rotatable bonds is 4. The van der Waals surface area contributed by atoms with E-state index in [2.05, 4.69) is 20.8 Å². The Morgan fingerprint density at radius 2 is 1.86 bits per heavy atom. The van der Waals surface area contributed by atoms with Gasteiger partial charge in [-0.25, -0.2) is 4.79 Å². The van der Waals surface area contributed by atoms with Crippen LogP contribution in [0, 0.1) is 6.92 Å². The van der Waals surface area contributed by atoms with Crippen LogP contribution in [0.3, 0.4) is 0 Å². The summed E-state index contributed by atoms with van der Waals surface area (Å²) < 4.78 is 11.0. The molecule has 1 aromatic carbocycles. The summed E-state index contributed by atoms with van der Waals surface area (Å²) in [6.45, 7) is 8.31. The first-order chi connectivity index (χ1) is 9.77. The van der Waals surface area contributed by atoms with E-state index in [1.54, 1.807) is 6.92 Å². The number of hydrogen-bond donors (Lipinski definition) is 1. The van der Waals surface area contributed by atoms with Crippen LogP contribution < -0.4 is 4.74 Å². The number of hydrogen-bond acceptors (Lipinski definition) is 3. The zero-order valence-electron chi connectivity index (χ0n) is 12.8. The SMILES string of the molecule is Cc1oc(COc2ccc(C(C)(C)C)cc2)cc1C(=O)O. The highest BCUT2D eigenvalue weighted by molar-refractivity contribution is 5.88. The Morgan fingerprint density at radius 1 is 1.24 bits per heavy atom. The van der Waals surface area contributed by atoms with Gasteiger partial charge in [0.15, 0.2) is 0 Å². The zero-order valence-corrected chi connectivity index (χ0v) is 12.8. The number of carbonyl (C=O) groups is 1. The van der Waals surface area contributed by atoms with Gasteiger partial charge in [-0.1, -0.05) is 32.9 Å². The van der Waals surface area contributed by atoms with Gasteiger partial charge in [0.05, 0.1) is 0 Å². The second kappa shape index (κ2) is 5.64. The molecule has 1 heterocycles. The van der Waals surface area contributed by atoms with Crippen molar-refractivity contribution >= 4 is 5.97 Å². The number of benzene rings is 1. The van der Waals surface area contributed by atoms with Crippen molar-refractivity contribution in [2.45, 2.75) is 39.7 Å². The minimum absolute atomic E-state index is 0.104.